The van der Waals surface area contributed by atoms with E-state index in [-0.39, 0.29) is 94.8 Å². The van der Waals surface area contributed by atoms with Gasteiger partial charge in [-0.1, -0.05) is 48.0 Å². The minimum atomic E-state index is -1.08. The molecule has 0 spiro atoms. The van der Waals surface area contributed by atoms with E-state index < -0.39 is 41.4 Å². The number of piperidine rings is 1. The monoisotopic (exact) mass is 879 g/mol. The number of benzene rings is 4. The lowest BCUT2D eigenvalue weighted by Crippen LogP contribution is -2.54. The average Bonchev–Trinajstić information content (AvgIpc) is 3.89. The first-order chi connectivity index (χ1) is 30.4. The summed E-state index contributed by atoms with van der Waals surface area (Å²) in [6, 6.07) is 21.5. The number of carbonyl (C=O) groups excluding carboxylic acids is 6. The molecule has 3 aliphatic heterocycles. The highest BCUT2D eigenvalue weighted by Gasteiger charge is 2.45. The standard InChI is InChI=1S/C47H47ClFN5O9/c48-37-16-8-27(21-35(37)42-33(44(50)57)15-18-39(43(42)49)63-24-31-7-4-20-61-31)36(26-5-2-1-3-6-26)23-51-28-9-11-29(12-10-28)52-41(56)25-62-30-13-14-32-34(22-30)47(60)54(46(32)59)38-17-19-40(55)53-45(38)58/h1-3,5-6,8,13-16,18,21-22,28-29,31,36,38,51H,4,7,9-12,17,19-20,23-25H2,(H2,50,57)(H,52,56)(H,53,55,58)/t28?,29?,31-,36?,38?/m0/s1. The van der Waals surface area contributed by atoms with E-state index in [0.29, 0.717) is 18.7 Å². The molecule has 5 N–H and O–H groups in total. The van der Waals surface area contributed by atoms with Crippen molar-refractivity contribution < 1.29 is 47.4 Å². The van der Waals surface area contributed by atoms with Gasteiger partial charge < -0.3 is 30.6 Å². The van der Waals surface area contributed by atoms with E-state index >= 15 is 4.39 Å². The minimum Gasteiger partial charge on any atom is -0.488 e. The molecule has 0 aromatic heterocycles. The number of amides is 6. The van der Waals surface area contributed by atoms with Gasteiger partial charge >= 0.3 is 0 Å². The summed E-state index contributed by atoms with van der Waals surface area (Å²) >= 11 is 6.75. The maximum absolute atomic E-state index is 16.3. The van der Waals surface area contributed by atoms with Crippen molar-refractivity contribution in [1.82, 2.24) is 20.9 Å². The van der Waals surface area contributed by atoms with Crippen LogP contribution in [-0.2, 0) is 19.1 Å². The molecule has 328 valence electrons. The molecule has 16 heteroatoms. The number of hydrogen-bond acceptors (Lipinski definition) is 10. The first-order valence-electron chi connectivity index (χ1n) is 21.2. The van der Waals surface area contributed by atoms with Crippen LogP contribution in [0.5, 0.6) is 11.5 Å². The Labute approximate surface area is 368 Å². The number of nitrogens with two attached hydrogens (primary N) is 1. The maximum Gasteiger partial charge on any atom is 0.262 e. The molecule has 2 saturated heterocycles. The second-order valence-corrected chi connectivity index (χ2v) is 16.7. The topological polar surface area (TPSA) is 195 Å². The molecule has 14 nitrogen and oxygen atoms in total. The Kier molecular flexibility index (Phi) is 13.2. The average molecular weight is 880 g/mol. The summed E-state index contributed by atoms with van der Waals surface area (Å²) in [5.41, 5.74) is 8.08. The third kappa shape index (κ3) is 9.60. The second-order valence-electron chi connectivity index (χ2n) is 16.3. The molecule has 3 fully saturated rings. The predicted molar refractivity (Wildman–Crippen MR) is 229 cm³/mol. The van der Waals surface area contributed by atoms with Crippen molar-refractivity contribution in [3.63, 3.8) is 0 Å². The Balaban J connectivity index is 0.878. The molecule has 4 aliphatic rings. The summed E-state index contributed by atoms with van der Waals surface area (Å²) in [5.74, 6) is -4.29. The van der Waals surface area contributed by atoms with Crippen LogP contribution in [0.2, 0.25) is 5.02 Å². The lowest BCUT2D eigenvalue weighted by atomic mass is 9.87. The number of carbonyl (C=O) groups is 6. The van der Waals surface area contributed by atoms with E-state index in [4.69, 9.17) is 31.5 Å². The molecule has 3 atom stereocenters. The molecule has 8 rings (SSSR count). The summed E-state index contributed by atoms with van der Waals surface area (Å²) in [6.07, 6.45) is 4.66. The van der Waals surface area contributed by atoms with Crippen molar-refractivity contribution in [2.75, 3.05) is 26.4 Å². The quantitative estimate of drug-likeness (QED) is 0.112. The van der Waals surface area contributed by atoms with E-state index in [9.17, 15) is 28.8 Å². The largest absolute Gasteiger partial charge is 0.488 e. The van der Waals surface area contributed by atoms with Crippen molar-refractivity contribution >= 4 is 47.0 Å². The number of halogens is 2. The number of rotatable bonds is 15. The van der Waals surface area contributed by atoms with E-state index in [1.807, 2.05) is 36.4 Å². The van der Waals surface area contributed by atoms with Crippen LogP contribution in [-0.4, -0.2) is 90.9 Å². The molecular formula is C47H47ClFN5O9. The normalized spacial score (nSPS) is 21.5. The van der Waals surface area contributed by atoms with Gasteiger partial charge in [-0.05, 0) is 98.5 Å². The zero-order valence-corrected chi connectivity index (χ0v) is 35.1. The Bertz CT molecular complexity index is 2440. The first kappa shape index (κ1) is 43.5. The third-order valence-corrected chi connectivity index (χ3v) is 12.5. The number of ether oxygens (including phenoxy) is 3. The van der Waals surface area contributed by atoms with Crippen molar-refractivity contribution in [2.24, 2.45) is 5.73 Å². The van der Waals surface area contributed by atoms with Gasteiger partial charge in [-0.25, -0.2) is 4.39 Å². The van der Waals surface area contributed by atoms with Crippen molar-refractivity contribution in [1.29, 1.82) is 0 Å². The smallest absolute Gasteiger partial charge is 0.262 e. The highest BCUT2D eigenvalue weighted by molar-refractivity contribution is 6.33. The Hall–Kier alpha value is -6.16. The fraction of sp³-hybridized carbons (Fsp3) is 0.362. The number of primary amides is 1. The first-order valence-corrected chi connectivity index (χ1v) is 21.6. The van der Waals surface area contributed by atoms with Crippen molar-refractivity contribution in [3.05, 3.63) is 118 Å². The van der Waals surface area contributed by atoms with Crippen LogP contribution < -0.4 is 31.2 Å². The fourth-order valence-electron chi connectivity index (χ4n) is 8.84. The fourth-order valence-corrected chi connectivity index (χ4v) is 9.06. The van der Waals surface area contributed by atoms with Crippen LogP contribution in [0.3, 0.4) is 0 Å². The minimum absolute atomic E-state index is 0.0155. The maximum atomic E-state index is 16.3. The number of hydrogen-bond donors (Lipinski definition) is 4. The van der Waals surface area contributed by atoms with Gasteiger partial charge in [0.1, 0.15) is 18.4 Å². The lowest BCUT2D eigenvalue weighted by molar-refractivity contribution is -0.136. The summed E-state index contributed by atoms with van der Waals surface area (Å²) in [5, 5.41) is 9.18. The van der Waals surface area contributed by atoms with Crippen LogP contribution in [0.15, 0.2) is 78.9 Å². The Morgan fingerprint density at radius 2 is 1.62 bits per heavy atom. The van der Waals surface area contributed by atoms with Gasteiger partial charge in [0.25, 0.3) is 17.7 Å². The van der Waals surface area contributed by atoms with Crippen LogP contribution in [0, 0.1) is 5.82 Å². The number of imide groups is 2. The third-order valence-electron chi connectivity index (χ3n) is 12.2. The molecule has 2 unspecified atom stereocenters. The Morgan fingerprint density at radius 1 is 0.857 bits per heavy atom. The number of fused-ring (bicyclic) bond motifs is 1. The van der Waals surface area contributed by atoms with E-state index in [1.165, 1.54) is 30.3 Å². The predicted octanol–water partition coefficient (Wildman–Crippen LogP) is 5.43. The van der Waals surface area contributed by atoms with Gasteiger partial charge in [-0.2, -0.15) is 0 Å². The van der Waals surface area contributed by atoms with Gasteiger partial charge in [0.15, 0.2) is 18.2 Å². The van der Waals surface area contributed by atoms with E-state index in [2.05, 4.69) is 16.0 Å². The zero-order valence-electron chi connectivity index (χ0n) is 34.3. The van der Waals surface area contributed by atoms with Crippen molar-refractivity contribution in [2.45, 2.75) is 81.5 Å². The molecule has 1 saturated carbocycles. The molecule has 1 aliphatic carbocycles. The zero-order chi connectivity index (χ0) is 44.2. The van der Waals surface area contributed by atoms with Gasteiger partial charge in [0.2, 0.25) is 17.7 Å². The lowest BCUT2D eigenvalue weighted by Gasteiger charge is -2.31. The molecule has 0 radical (unpaired) electrons. The van der Waals surface area contributed by atoms with Gasteiger partial charge in [-0.3, -0.25) is 39.0 Å². The number of nitrogens with one attached hydrogen (secondary N) is 3. The van der Waals surface area contributed by atoms with Crippen LogP contribution in [0.1, 0.15) is 99.5 Å². The van der Waals surface area contributed by atoms with E-state index in [0.717, 1.165) is 54.6 Å². The summed E-state index contributed by atoms with van der Waals surface area (Å²) < 4.78 is 33.5. The van der Waals surface area contributed by atoms with E-state index in [1.54, 1.807) is 12.1 Å². The molecule has 4 aromatic rings. The van der Waals surface area contributed by atoms with Crippen LogP contribution >= 0.6 is 11.6 Å². The second kappa shape index (κ2) is 19.1. The SMILES string of the molecule is NC(=O)c1ccc(OC[C@@H]2CCCO2)c(F)c1-c1cc(C(CNC2CCC(NC(=O)COc3ccc4c(c3)C(=O)N(C3CCC(=O)NC3=O)C4=O)CC2)c2ccccc2)ccc1Cl. The van der Waals surface area contributed by atoms with Gasteiger partial charge in [-0.15, -0.1) is 0 Å². The number of nitrogens with zero attached hydrogens (tertiary/aromatic N) is 1. The Morgan fingerprint density at radius 3 is 2.35 bits per heavy atom. The molecule has 6 amide bonds. The summed E-state index contributed by atoms with van der Waals surface area (Å²) in [4.78, 5) is 76.7. The van der Waals surface area contributed by atoms with Crippen molar-refractivity contribution in [3.8, 4) is 22.6 Å². The van der Waals surface area contributed by atoms with Gasteiger partial charge in [0.05, 0.1) is 22.8 Å². The summed E-state index contributed by atoms with van der Waals surface area (Å²) in [6.45, 7) is 1.03. The molecule has 63 heavy (non-hydrogen) atoms. The summed E-state index contributed by atoms with van der Waals surface area (Å²) in [7, 11) is 0. The highest BCUT2D eigenvalue weighted by atomic mass is 35.5. The molecule has 0 bridgehead atoms. The highest BCUT2D eigenvalue weighted by Crippen LogP contribution is 2.40. The van der Waals surface area contributed by atoms with Crippen LogP contribution in [0.4, 0.5) is 4.39 Å². The van der Waals surface area contributed by atoms with Crippen LogP contribution in [0.25, 0.3) is 11.1 Å². The van der Waals surface area contributed by atoms with Gasteiger partial charge in [0, 0.05) is 53.7 Å². The molecule has 4 aromatic carbocycles. The molecule has 3 heterocycles. The molecular weight excluding hydrogens is 833 g/mol.